The zero-order valence-corrected chi connectivity index (χ0v) is 12.0. The van der Waals surface area contributed by atoms with Crippen LogP contribution in [0.4, 0.5) is 21.9 Å². The highest BCUT2D eigenvalue weighted by atomic mass is 79.9. The molecule has 0 unspecified atom stereocenters. The maximum absolute atomic E-state index is 11.8. The molecule has 0 heterocycles. The lowest BCUT2D eigenvalue weighted by molar-refractivity contribution is 0.262. The summed E-state index contributed by atoms with van der Waals surface area (Å²) in [5, 5.41) is 5.47. The molecule has 0 saturated carbocycles. The highest BCUT2D eigenvalue weighted by Crippen LogP contribution is 2.20. The van der Waals surface area contributed by atoms with Crippen molar-refractivity contribution in [3.05, 3.63) is 52.5 Å². The lowest BCUT2D eigenvalue weighted by Gasteiger charge is -2.10. The zero-order chi connectivity index (χ0) is 13.8. The minimum Gasteiger partial charge on any atom is -0.397 e. The van der Waals surface area contributed by atoms with Crippen LogP contribution >= 0.6 is 15.9 Å². The molecule has 2 amide bonds. The maximum atomic E-state index is 11.8. The smallest absolute Gasteiger partial charge is 0.323 e. The number of benzene rings is 2. The fourth-order valence-electron chi connectivity index (χ4n) is 1.60. The lowest BCUT2D eigenvalue weighted by atomic mass is 10.2. The van der Waals surface area contributed by atoms with E-state index in [9.17, 15) is 4.79 Å². The van der Waals surface area contributed by atoms with Crippen LogP contribution in [-0.2, 0) is 0 Å². The van der Waals surface area contributed by atoms with Crippen molar-refractivity contribution in [1.82, 2.24) is 0 Å². The minimum atomic E-state index is -0.320. The van der Waals surface area contributed by atoms with E-state index >= 15 is 0 Å². The first-order valence-electron chi connectivity index (χ1n) is 5.74. The third-order valence-corrected chi connectivity index (χ3v) is 3.09. The van der Waals surface area contributed by atoms with Gasteiger partial charge in [-0.25, -0.2) is 4.79 Å². The third kappa shape index (κ3) is 3.72. The van der Waals surface area contributed by atoms with Crippen molar-refractivity contribution >= 4 is 39.0 Å². The van der Waals surface area contributed by atoms with Crippen molar-refractivity contribution in [2.75, 3.05) is 16.4 Å². The SMILES string of the molecule is Cc1ccc(N)c(NC(=O)Nc2ccc(Br)cc2)c1. The Bertz CT molecular complexity index is 596. The Morgan fingerprint density at radius 3 is 2.47 bits per heavy atom. The number of nitrogen functional groups attached to an aromatic ring is 1. The predicted molar refractivity (Wildman–Crippen MR) is 82.4 cm³/mol. The number of nitrogens with two attached hydrogens (primary N) is 1. The van der Waals surface area contributed by atoms with E-state index in [1.54, 1.807) is 6.07 Å². The standard InChI is InChI=1S/C14H14BrN3O/c1-9-2-7-12(16)13(8-9)18-14(19)17-11-5-3-10(15)4-6-11/h2-8H,16H2,1H3,(H2,17,18,19). The molecule has 4 N–H and O–H groups in total. The van der Waals surface area contributed by atoms with E-state index in [-0.39, 0.29) is 6.03 Å². The summed E-state index contributed by atoms with van der Waals surface area (Å²) in [4.78, 5) is 11.8. The molecule has 98 valence electrons. The van der Waals surface area contributed by atoms with E-state index in [1.807, 2.05) is 43.3 Å². The van der Waals surface area contributed by atoms with Gasteiger partial charge in [-0.05, 0) is 48.9 Å². The van der Waals surface area contributed by atoms with E-state index in [4.69, 9.17) is 5.73 Å². The van der Waals surface area contributed by atoms with Crippen LogP contribution in [0, 0.1) is 6.92 Å². The molecule has 0 aliphatic heterocycles. The molecule has 0 aromatic heterocycles. The van der Waals surface area contributed by atoms with Crippen molar-refractivity contribution in [3.8, 4) is 0 Å². The molecule has 0 spiro atoms. The highest BCUT2D eigenvalue weighted by molar-refractivity contribution is 9.10. The van der Waals surface area contributed by atoms with Crippen molar-refractivity contribution in [2.24, 2.45) is 0 Å². The number of amides is 2. The zero-order valence-electron chi connectivity index (χ0n) is 10.4. The maximum Gasteiger partial charge on any atom is 0.323 e. The Labute approximate surface area is 120 Å². The van der Waals surface area contributed by atoms with Gasteiger partial charge in [0.25, 0.3) is 0 Å². The van der Waals surface area contributed by atoms with Gasteiger partial charge in [-0.2, -0.15) is 0 Å². The Morgan fingerprint density at radius 2 is 1.79 bits per heavy atom. The number of hydrogen-bond donors (Lipinski definition) is 3. The van der Waals surface area contributed by atoms with Crippen LogP contribution in [0.3, 0.4) is 0 Å². The van der Waals surface area contributed by atoms with E-state index in [0.717, 1.165) is 10.0 Å². The number of urea groups is 1. The van der Waals surface area contributed by atoms with Crippen LogP contribution in [0.2, 0.25) is 0 Å². The summed E-state index contributed by atoms with van der Waals surface area (Å²) >= 11 is 3.34. The average molecular weight is 320 g/mol. The second kappa shape index (κ2) is 5.75. The van der Waals surface area contributed by atoms with Gasteiger partial charge in [0.15, 0.2) is 0 Å². The monoisotopic (exact) mass is 319 g/mol. The summed E-state index contributed by atoms with van der Waals surface area (Å²) in [5.74, 6) is 0. The topological polar surface area (TPSA) is 67.1 Å². The quantitative estimate of drug-likeness (QED) is 0.733. The fraction of sp³-hybridized carbons (Fsp3) is 0.0714. The molecule has 0 atom stereocenters. The van der Waals surface area contributed by atoms with Gasteiger partial charge in [-0.1, -0.05) is 22.0 Å². The number of rotatable bonds is 2. The summed E-state index contributed by atoms with van der Waals surface area (Å²) in [6.07, 6.45) is 0. The molecule has 5 heteroatoms. The molecule has 0 radical (unpaired) electrons. The first-order valence-corrected chi connectivity index (χ1v) is 6.53. The van der Waals surface area contributed by atoms with Crippen LogP contribution < -0.4 is 16.4 Å². The Balaban J connectivity index is 2.05. The number of anilines is 3. The molecule has 0 aliphatic carbocycles. The Hall–Kier alpha value is -2.01. The summed E-state index contributed by atoms with van der Waals surface area (Å²) in [5.41, 5.74) is 8.70. The molecule has 2 rings (SSSR count). The van der Waals surface area contributed by atoms with Crippen LogP contribution in [0.15, 0.2) is 46.9 Å². The molecular weight excluding hydrogens is 306 g/mol. The second-order valence-corrected chi connectivity index (χ2v) is 5.09. The minimum absolute atomic E-state index is 0.320. The second-order valence-electron chi connectivity index (χ2n) is 4.18. The van der Waals surface area contributed by atoms with Crippen LogP contribution in [0.25, 0.3) is 0 Å². The molecule has 0 fully saturated rings. The van der Waals surface area contributed by atoms with Crippen molar-refractivity contribution in [3.63, 3.8) is 0 Å². The van der Waals surface area contributed by atoms with E-state index < -0.39 is 0 Å². The first kappa shape index (κ1) is 13.4. The van der Waals surface area contributed by atoms with E-state index in [2.05, 4.69) is 26.6 Å². The van der Waals surface area contributed by atoms with Gasteiger partial charge in [-0.3, -0.25) is 0 Å². The number of hydrogen-bond acceptors (Lipinski definition) is 2. The first-order chi connectivity index (χ1) is 9.04. The largest absolute Gasteiger partial charge is 0.397 e. The van der Waals surface area contributed by atoms with Gasteiger partial charge in [0, 0.05) is 10.2 Å². The molecule has 19 heavy (non-hydrogen) atoms. The summed E-state index contributed by atoms with van der Waals surface area (Å²) in [7, 11) is 0. The molecule has 2 aromatic rings. The number of halogens is 1. The summed E-state index contributed by atoms with van der Waals surface area (Å²) in [6.45, 7) is 1.94. The lowest BCUT2D eigenvalue weighted by Crippen LogP contribution is -2.20. The van der Waals surface area contributed by atoms with Gasteiger partial charge < -0.3 is 16.4 Å². The number of carbonyl (C=O) groups excluding carboxylic acids is 1. The average Bonchev–Trinajstić information content (AvgIpc) is 2.37. The van der Waals surface area contributed by atoms with Crippen molar-refractivity contribution in [1.29, 1.82) is 0 Å². The van der Waals surface area contributed by atoms with Crippen LogP contribution in [0.1, 0.15) is 5.56 Å². The number of nitrogens with one attached hydrogen (secondary N) is 2. The van der Waals surface area contributed by atoms with Gasteiger partial charge in [0.05, 0.1) is 11.4 Å². The molecule has 2 aromatic carbocycles. The Morgan fingerprint density at radius 1 is 1.11 bits per heavy atom. The van der Waals surface area contributed by atoms with Gasteiger partial charge in [0.2, 0.25) is 0 Å². The van der Waals surface area contributed by atoms with E-state index in [1.165, 1.54) is 0 Å². The molecular formula is C14H14BrN3O. The predicted octanol–water partition coefficient (Wildman–Crippen LogP) is 3.98. The van der Waals surface area contributed by atoms with Gasteiger partial charge in [-0.15, -0.1) is 0 Å². The highest BCUT2D eigenvalue weighted by Gasteiger charge is 2.05. The van der Waals surface area contributed by atoms with Crippen molar-refractivity contribution in [2.45, 2.75) is 6.92 Å². The van der Waals surface area contributed by atoms with Gasteiger partial charge in [0.1, 0.15) is 0 Å². The summed E-state index contributed by atoms with van der Waals surface area (Å²) < 4.78 is 0.960. The van der Waals surface area contributed by atoms with Crippen LogP contribution in [-0.4, -0.2) is 6.03 Å². The molecule has 0 bridgehead atoms. The third-order valence-electron chi connectivity index (χ3n) is 2.56. The van der Waals surface area contributed by atoms with Crippen molar-refractivity contribution < 1.29 is 4.79 Å². The molecule has 0 aliphatic rings. The molecule has 0 saturated heterocycles. The summed E-state index contributed by atoms with van der Waals surface area (Å²) in [6, 6.07) is 12.5. The number of carbonyl (C=O) groups is 1. The fourth-order valence-corrected chi connectivity index (χ4v) is 1.86. The van der Waals surface area contributed by atoms with Gasteiger partial charge >= 0.3 is 6.03 Å². The van der Waals surface area contributed by atoms with E-state index in [0.29, 0.717) is 17.1 Å². The normalized spacial score (nSPS) is 10.0. The molecule has 4 nitrogen and oxygen atoms in total. The number of aryl methyl sites for hydroxylation is 1. The van der Waals surface area contributed by atoms with Crippen LogP contribution in [0.5, 0.6) is 0 Å². The Kier molecular flexibility index (Phi) is 4.06.